The van der Waals surface area contributed by atoms with Gasteiger partial charge in [0, 0.05) is 24.8 Å². The molecule has 0 aliphatic heterocycles. The zero-order chi connectivity index (χ0) is 20.2. The fourth-order valence-corrected chi connectivity index (χ4v) is 3.09. The average Bonchev–Trinajstić information content (AvgIpc) is 3.18. The second-order valence-corrected chi connectivity index (χ2v) is 6.36. The number of rotatable bonds is 6. The van der Waals surface area contributed by atoms with Crippen molar-refractivity contribution in [2.75, 3.05) is 20.3 Å². The maximum atomic E-state index is 14.3. The predicted molar refractivity (Wildman–Crippen MR) is 107 cm³/mol. The summed E-state index contributed by atoms with van der Waals surface area (Å²) >= 11 is 0. The third-order valence-electron chi connectivity index (χ3n) is 4.48. The fraction of sp³-hybridized carbons (Fsp3) is 0.136. The van der Waals surface area contributed by atoms with Gasteiger partial charge in [0.15, 0.2) is 0 Å². The van der Waals surface area contributed by atoms with Gasteiger partial charge in [-0.3, -0.25) is 4.79 Å². The van der Waals surface area contributed by atoms with Gasteiger partial charge in [-0.2, -0.15) is 0 Å². The van der Waals surface area contributed by atoms with E-state index in [0.717, 1.165) is 5.56 Å². The van der Waals surface area contributed by atoms with Crippen molar-refractivity contribution in [2.45, 2.75) is 0 Å². The third-order valence-corrected chi connectivity index (χ3v) is 4.48. The number of benzene rings is 2. The number of hydrogen-bond donors (Lipinski definition) is 1. The average molecular weight is 391 g/mol. The normalized spacial score (nSPS) is 11.0. The van der Waals surface area contributed by atoms with Crippen LogP contribution in [0.15, 0.2) is 65.2 Å². The van der Waals surface area contributed by atoms with Gasteiger partial charge in [-0.1, -0.05) is 47.6 Å². The zero-order valence-corrected chi connectivity index (χ0v) is 15.7. The molecule has 4 rings (SSSR count). The Balaban J connectivity index is 1.90. The van der Waals surface area contributed by atoms with E-state index in [9.17, 15) is 9.18 Å². The van der Waals surface area contributed by atoms with E-state index >= 15 is 0 Å². The molecule has 6 nitrogen and oxygen atoms in total. The van der Waals surface area contributed by atoms with Crippen LogP contribution in [0.1, 0.15) is 10.4 Å². The van der Waals surface area contributed by atoms with Crippen LogP contribution in [0.25, 0.3) is 33.6 Å². The molecule has 0 saturated heterocycles. The van der Waals surface area contributed by atoms with Crippen molar-refractivity contribution in [2.24, 2.45) is 0 Å². The first-order valence-corrected chi connectivity index (χ1v) is 9.07. The molecule has 0 fully saturated rings. The van der Waals surface area contributed by atoms with Crippen LogP contribution >= 0.6 is 0 Å². The van der Waals surface area contributed by atoms with E-state index in [4.69, 9.17) is 9.26 Å². The number of ether oxygens (including phenoxy) is 1. The van der Waals surface area contributed by atoms with Gasteiger partial charge in [0.25, 0.3) is 11.6 Å². The van der Waals surface area contributed by atoms with E-state index < -0.39 is 5.82 Å². The van der Waals surface area contributed by atoms with Gasteiger partial charge in [-0.25, -0.2) is 9.37 Å². The summed E-state index contributed by atoms with van der Waals surface area (Å²) < 4.78 is 24.8. The quantitative estimate of drug-likeness (QED) is 0.501. The second kappa shape index (κ2) is 8.20. The fourth-order valence-electron chi connectivity index (χ4n) is 3.09. The summed E-state index contributed by atoms with van der Waals surface area (Å²) in [6, 6.07) is 17.2. The van der Waals surface area contributed by atoms with Gasteiger partial charge >= 0.3 is 0 Å². The molecule has 4 aromatic rings. The standard InChI is InChI=1S/C22H18FN3O3/c1-28-12-11-24-21(27)16-13-18(15-9-5-6-10-17(15)23)25-22-19(16)20(26-29-22)14-7-3-2-4-8-14/h2-10,13H,11-12H2,1H3,(H,24,27). The molecule has 0 radical (unpaired) electrons. The van der Waals surface area contributed by atoms with Gasteiger partial charge in [0.2, 0.25) is 0 Å². The Morgan fingerprint density at radius 1 is 1.14 bits per heavy atom. The number of nitrogens with zero attached hydrogens (tertiary/aromatic N) is 2. The molecule has 2 aromatic carbocycles. The van der Waals surface area contributed by atoms with Crippen LogP contribution in [-0.4, -0.2) is 36.3 Å². The molecule has 0 atom stereocenters. The smallest absolute Gasteiger partial charge is 0.259 e. The first-order chi connectivity index (χ1) is 14.2. The number of aromatic nitrogens is 2. The SMILES string of the molecule is COCCNC(=O)c1cc(-c2ccccc2F)nc2onc(-c3ccccc3)c12. The second-order valence-electron chi connectivity index (χ2n) is 6.36. The van der Waals surface area contributed by atoms with Crippen molar-refractivity contribution in [3.05, 3.63) is 72.0 Å². The van der Waals surface area contributed by atoms with Crippen molar-refractivity contribution in [3.63, 3.8) is 0 Å². The molecule has 7 heteroatoms. The molecular formula is C22H18FN3O3. The largest absolute Gasteiger partial charge is 0.383 e. The van der Waals surface area contributed by atoms with E-state index in [2.05, 4.69) is 15.5 Å². The van der Waals surface area contributed by atoms with Crippen LogP contribution in [0.4, 0.5) is 4.39 Å². The molecule has 0 spiro atoms. The highest BCUT2D eigenvalue weighted by atomic mass is 19.1. The van der Waals surface area contributed by atoms with Crippen LogP contribution in [0, 0.1) is 5.82 Å². The Bertz CT molecular complexity index is 1160. The molecule has 0 bridgehead atoms. The van der Waals surface area contributed by atoms with Crippen LogP contribution < -0.4 is 5.32 Å². The highest BCUT2D eigenvalue weighted by molar-refractivity contribution is 6.10. The third kappa shape index (κ3) is 3.72. The highest BCUT2D eigenvalue weighted by Crippen LogP contribution is 2.33. The molecule has 0 aliphatic carbocycles. The van der Waals surface area contributed by atoms with Crippen molar-refractivity contribution < 1.29 is 18.4 Å². The van der Waals surface area contributed by atoms with Gasteiger partial charge in [0.05, 0.1) is 23.3 Å². The lowest BCUT2D eigenvalue weighted by Gasteiger charge is -2.09. The number of carbonyl (C=O) groups excluding carboxylic acids is 1. The topological polar surface area (TPSA) is 77.2 Å². The van der Waals surface area contributed by atoms with Crippen LogP contribution in [0.2, 0.25) is 0 Å². The van der Waals surface area contributed by atoms with Crippen LogP contribution in [-0.2, 0) is 4.74 Å². The summed E-state index contributed by atoms with van der Waals surface area (Å²) in [6.45, 7) is 0.704. The number of methoxy groups -OCH3 is 1. The van der Waals surface area contributed by atoms with Gasteiger partial charge < -0.3 is 14.6 Å². The minimum absolute atomic E-state index is 0.168. The van der Waals surface area contributed by atoms with Crippen LogP contribution in [0.5, 0.6) is 0 Å². The molecule has 2 aromatic heterocycles. The van der Waals surface area contributed by atoms with Crippen molar-refractivity contribution in [3.8, 4) is 22.5 Å². The Labute approximate surface area is 166 Å². The number of amides is 1. The molecule has 0 unspecified atom stereocenters. The lowest BCUT2D eigenvalue weighted by molar-refractivity contribution is 0.0938. The summed E-state index contributed by atoms with van der Waals surface area (Å²) in [5.74, 6) is -0.777. The van der Waals surface area contributed by atoms with E-state index in [1.54, 1.807) is 31.4 Å². The predicted octanol–water partition coefficient (Wildman–Crippen LogP) is 4.07. The van der Waals surface area contributed by atoms with E-state index in [1.165, 1.54) is 6.07 Å². The molecule has 1 N–H and O–H groups in total. The van der Waals surface area contributed by atoms with E-state index in [0.29, 0.717) is 35.5 Å². The van der Waals surface area contributed by atoms with Crippen LogP contribution in [0.3, 0.4) is 0 Å². The van der Waals surface area contributed by atoms with Crippen molar-refractivity contribution >= 4 is 17.0 Å². The molecule has 2 heterocycles. The maximum absolute atomic E-state index is 14.3. The Kier molecular flexibility index (Phi) is 5.31. The zero-order valence-electron chi connectivity index (χ0n) is 15.7. The summed E-state index contributed by atoms with van der Waals surface area (Å²) in [5, 5.41) is 7.40. The first kappa shape index (κ1) is 18.8. The molecule has 1 amide bonds. The Hall–Kier alpha value is -3.58. The van der Waals surface area contributed by atoms with E-state index in [-0.39, 0.29) is 17.2 Å². The minimum Gasteiger partial charge on any atom is -0.383 e. The molecule has 0 saturated carbocycles. The van der Waals surface area contributed by atoms with Gasteiger partial charge in [-0.15, -0.1) is 0 Å². The maximum Gasteiger partial charge on any atom is 0.259 e. The Morgan fingerprint density at radius 2 is 1.90 bits per heavy atom. The highest BCUT2D eigenvalue weighted by Gasteiger charge is 2.22. The molecule has 29 heavy (non-hydrogen) atoms. The number of halogens is 1. The van der Waals surface area contributed by atoms with Gasteiger partial charge in [0.1, 0.15) is 11.5 Å². The summed E-state index contributed by atoms with van der Waals surface area (Å²) in [7, 11) is 1.56. The van der Waals surface area contributed by atoms with Crippen molar-refractivity contribution in [1.82, 2.24) is 15.5 Å². The number of nitrogens with one attached hydrogen (secondary N) is 1. The van der Waals surface area contributed by atoms with Crippen molar-refractivity contribution in [1.29, 1.82) is 0 Å². The first-order valence-electron chi connectivity index (χ1n) is 9.07. The Morgan fingerprint density at radius 3 is 2.66 bits per heavy atom. The number of hydrogen-bond acceptors (Lipinski definition) is 5. The number of fused-ring (bicyclic) bond motifs is 1. The molecule has 0 aliphatic rings. The monoisotopic (exact) mass is 391 g/mol. The van der Waals surface area contributed by atoms with E-state index in [1.807, 2.05) is 30.3 Å². The summed E-state index contributed by atoms with van der Waals surface area (Å²) in [4.78, 5) is 17.3. The molecular weight excluding hydrogens is 373 g/mol. The minimum atomic E-state index is -0.437. The summed E-state index contributed by atoms with van der Waals surface area (Å²) in [5.41, 5.74) is 2.34. The summed E-state index contributed by atoms with van der Waals surface area (Å²) in [6.07, 6.45) is 0. The van der Waals surface area contributed by atoms with Gasteiger partial charge in [-0.05, 0) is 18.2 Å². The lowest BCUT2D eigenvalue weighted by atomic mass is 10.0. The number of carbonyl (C=O) groups is 1. The molecule has 146 valence electrons. The number of pyridine rings is 1. The lowest BCUT2D eigenvalue weighted by Crippen LogP contribution is -2.27.